The van der Waals surface area contributed by atoms with Crippen LogP contribution >= 0.6 is 0 Å². The zero-order chi connectivity index (χ0) is 19.5. The summed E-state index contributed by atoms with van der Waals surface area (Å²) >= 11 is 0. The molecule has 28 heavy (non-hydrogen) atoms. The highest BCUT2D eigenvalue weighted by Crippen LogP contribution is 2.65. The maximum atomic E-state index is 11.4. The Bertz CT molecular complexity index is 842. The predicted molar refractivity (Wildman–Crippen MR) is 107 cm³/mol. The van der Waals surface area contributed by atoms with Gasteiger partial charge in [0.05, 0.1) is 18.1 Å². The fourth-order valence-corrected chi connectivity index (χ4v) is 7.20. The Morgan fingerprint density at radius 2 is 2.04 bits per heavy atom. The Hall–Kier alpha value is -1.91. The molecule has 150 valence electrons. The second-order valence-corrected chi connectivity index (χ2v) is 9.89. The molecule has 5 rings (SSSR count). The number of carbonyl (C=O) groups is 1. The van der Waals surface area contributed by atoms with Crippen molar-refractivity contribution in [2.24, 2.45) is 28.6 Å². The smallest absolute Gasteiger partial charge is 0.302 e. The molecular formula is C23H31N3O2. The Balaban J connectivity index is 1.38. The molecule has 1 aromatic heterocycles. The molecule has 5 nitrogen and oxygen atoms in total. The molecule has 1 heterocycles. The molecule has 0 bridgehead atoms. The molecule has 3 fully saturated rings. The quantitative estimate of drug-likeness (QED) is 0.701. The maximum Gasteiger partial charge on any atom is 0.302 e. The SMILES string of the molecule is CC(=O)OC1CCC2(C)C(CCC3C4=CC=C(n5ccnn5)C4(C)CCC32)C1. The first kappa shape index (κ1) is 18.1. The first-order valence-electron chi connectivity index (χ1n) is 10.9. The largest absolute Gasteiger partial charge is 0.463 e. The average molecular weight is 382 g/mol. The van der Waals surface area contributed by atoms with Gasteiger partial charge in [-0.2, -0.15) is 0 Å². The molecule has 0 aromatic carbocycles. The van der Waals surface area contributed by atoms with Gasteiger partial charge in [0, 0.05) is 12.3 Å². The number of carbonyl (C=O) groups excluding carboxylic acids is 1. The monoisotopic (exact) mass is 381 g/mol. The van der Waals surface area contributed by atoms with Gasteiger partial charge in [-0.1, -0.05) is 30.7 Å². The van der Waals surface area contributed by atoms with Crippen molar-refractivity contribution in [3.05, 3.63) is 30.1 Å². The summed E-state index contributed by atoms with van der Waals surface area (Å²) in [5, 5.41) is 8.30. The van der Waals surface area contributed by atoms with E-state index in [1.54, 1.807) is 18.7 Å². The number of hydrogen-bond donors (Lipinski definition) is 0. The third-order valence-corrected chi connectivity index (χ3v) is 8.62. The predicted octanol–water partition coefficient (Wildman–Crippen LogP) is 4.62. The molecule has 6 atom stereocenters. The molecule has 0 spiro atoms. The summed E-state index contributed by atoms with van der Waals surface area (Å²) in [6.07, 6.45) is 16.8. The zero-order valence-electron chi connectivity index (χ0n) is 17.2. The van der Waals surface area contributed by atoms with Crippen LogP contribution in [0.25, 0.3) is 5.70 Å². The van der Waals surface area contributed by atoms with Gasteiger partial charge in [-0.25, -0.2) is 4.68 Å². The van der Waals surface area contributed by atoms with Crippen LogP contribution in [0.3, 0.4) is 0 Å². The molecule has 0 radical (unpaired) electrons. The highest BCUT2D eigenvalue weighted by molar-refractivity contribution is 5.66. The van der Waals surface area contributed by atoms with Crippen LogP contribution in [0.15, 0.2) is 30.1 Å². The molecule has 5 heteroatoms. The molecule has 1 aromatic rings. The molecule has 4 aliphatic carbocycles. The first-order chi connectivity index (χ1) is 13.4. The lowest BCUT2D eigenvalue weighted by Gasteiger charge is -2.59. The van der Waals surface area contributed by atoms with Crippen molar-refractivity contribution in [1.29, 1.82) is 0 Å². The van der Waals surface area contributed by atoms with Crippen LogP contribution in [0.4, 0.5) is 0 Å². The van der Waals surface area contributed by atoms with E-state index in [4.69, 9.17) is 4.74 Å². The minimum Gasteiger partial charge on any atom is -0.463 e. The summed E-state index contributed by atoms with van der Waals surface area (Å²) < 4.78 is 7.55. The lowest BCUT2D eigenvalue weighted by molar-refractivity contribution is -0.154. The van der Waals surface area contributed by atoms with Crippen LogP contribution in [0.2, 0.25) is 0 Å². The number of allylic oxidation sites excluding steroid dienone is 4. The molecule has 3 saturated carbocycles. The third kappa shape index (κ3) is 2.54. The number of ether oxygens (including phenoxy) is 1. The Kier molecular flexibility index (Phi) is 4.08. The van der Waals surface area contributed by atoms with Crippen LogP contribution in [0.5, 0.6) is 0 Å². The Morgan fingerprint density at radius 1 is 1.18 bits per heavy atom. The van der Waals surface area contributed by atoms with Gasteiger partial charge in [0.2, 0.25) is 0 Å². The standard InChI is InChI=1S/C23H31N3O2/c1-15(27)28-17-8-10-22(2)16(14-17)4-5-18-19-6-7-21(26-13-12-24-25-26)23(19,3)11-9-20(18)22/h6-7,12-13,16-18,20H,4-5,8-11,14H2,1-3H3. The van der Waals surface area contributed by atoms with Gasteiger partial charge in [0.15, 0.2) is 0 Å². The first-order valence-corrected chi connectivity index (χ1v) is 10.9. The van der Waals surface area contributed by atoms with E-state index < -0.39 is 0 Å². The molecular weight excluding hydrogens is 350 g/mol. The van der Waals surface area contributed by atoms with Gasteiger partial charge >= 0.3 is 5.97 Å². The Morgan fingerprint density at radius 3 is 2.79 bits per heavy atom. The van der Waals surface area contributed by atoms with Gasteiger partial charge in [-0.3, -0.25) is 4.79 Å². The van der Waals surface area contributed by atoms with E-state index in [1.165, 1.54) is 37.8 Å². The van der Waals surface area contributed by atoms with Crippen molar-refractivity contribution >= 4 is 11.7 Å². The summed E-state index contributed by atoms with van der Waals surface area (Å²) in [5.74, 6) is 1.97. The minimum absolute atomic E-state index is 0.0903. The number of aromatic nitrogens is 3. The van der Waals surface area contributed by atoms with E-state index in [1.807, 2.05) is 10.9 Å². The van der Waals surface area contributed by atoms with E-state index in [0.717, 1.165) is 18.8 Å². The van der Waals surface area contributed by atoms with Crippen molar-refractivity contribution in [3.8, 4) is 0 Å². The Labute approximate surface area is 167 Å². The fourth-order valence-electron chi connectivity index (χ4n) is 7.20. The van der Waals surface area contributed by atoms with Crippen LogP contribution in [-0.4, -0.2) is 27.1 Å². The van der Waals surface area contributed by atoms with Crippen LogP contribution < -0.4 is 0 Å². The van der Waals surface area contributed by atoms with Crippen molar-refractivity contribution in [2.75, 3.05) is 0 Å². The number of fused-ring (bicyclic) bond motifs is 5. The van der Waals surface area contributed by atoms with Crippen molar-refractivity contribution in [3.63, 3.8) is 0 Å². The van der Waals surface area contributed by atoms with Gasteiger partial charge in [-0.15, -0.1) is 5.10 Å². The van der Waals surface area contributed by atoms with E-state index in [9.17, 15) is 4.79 Å². The topological polar surface area (TPSA) is 57.0 Å². The molecule has 0 amide bonds. The maximum absolute atomic E-state index is 11.4. The summed E-state index contributed by atoms with van der Waals surface area (Å²) in [7, 11) is 0. The second-order valence-electron chi connectivity index (χ2n) is 9.89. The minimum atomic E-state index is -0.126. The molecule has 0 saturated heterocycles. The van der Waals surface area contributed by atoms with E-state index in [2.05, 4.69) is 36.3 Å². The summed E-state index contributed by atoms with van der Waals surface area (Å²) in [6, 6.07) is 0. The van der Waals surface area contributed by atoms with E-state index in [-0.39, 0.29) is 17.5 Å². The van der Waals surface area contributed by atoms with Crippen molar-refractivity contribution in [1.82, 2.24) is 15.0 Å². The van der Waals surface area contributed by atoms with Crippen LogP contribution in [0.1, 0.15) is 65.7 Å². The number of nitrogens with zero attached hydrogens (tertiary/aromatic N) is 3. The van der Waals surface area contributed by atoms with Gasteiger partial charge in [0.1, 0.15) is 6.10 Å². The second kappa shape index (κ2) is 6.30. The summed E-state index contributed by atoms with van der Waals surface area (Å²) in [5.41, 5.74) is 3.37. The highest BCUT2D eigenvalue weighted by atomic mass is 16.5. The van der Waals surface area contributed by atoms with Gasteiger partial charge < -0.3 is 4.74 Å². The van der Waals surface area contributed by atoms with Crippen molar-refractivity contribution < 1.29 is 9.53 Å². The van der Waals surface area contributed by atoms with Crippen LogP contribution in [0, 0.1) is 28.6 Å². The molecule has 4 aliphatic rings. The average Bonchev–Trinajstić information content (AvgIpc) is 3.28. The number of hydrogen-bond acceptors (Lipinski definition) is 4. The molecule has 0 aliphatic heterocycles. The lowest BCUT2D eigenvalue weighted by Crippen LogP contribution is -2.52. The third-order valence-electron chi connectivity index (χ3n) is 8.62. The van der Waals surface area contributed by atoms with E-state index >= 15 is 0 Å². The number of esters is 1. The highest BCUT2D eigenvalue weighted by Gasteiger charge is 2.57. The summed E-state index contributed by atoms with van der Waals surface area (Å²) in [4.78, 5) is 11.4. The van der Waals surface area contributed by atoms with Crippen molar-refractivity contribution in [2.45, 2.75) is 71.8 Å². The normalized spacial score (nSPS) is 42.0. The number of rotatable bonds is 2. The zero-order valence-corrected chi connectivity index (χ0v) is 17.2. The van der Waals surface area contributed by atoms with E-state index in [0.29, 0.717) is 17.3 Å². The molecule has 0 N–H and O–H groups in total. The molecule has 6 unspecified atom stereocenters. The van der Waals surface area contributed by atoms with Crippen LogP contribution in [-0.2, 0) is 9.53 Å². The van der Waals surface area contributed by atoms with Gasteiger partial charge in [0.25, 0.3) is 0 Å². The fraction of sp³-hybridized carbons (Fsp3) is 0.696. The summed E-state index contributed by atoms with van der Waals surface area (Å²) in [6.45, 7) is 6.48. The lowest BCUT2D eigenvalue weighted by atomic mass is 9.46. The van der Waals surface area contributed by atoms with Gasteiger partial charge in [-0.05, 0) is 74.2 Å².